The number of hydrogen-bond acceptors (Lipinski definition) is 2. The Morgan fingerprint density at radius 3 is 1.70 bits per heavy atom. The van der Waals surface area contributed by atoms with Crippen LogP contribution in [-0.2, 0) is 10.4 Å². The first-order valence-corrected chi connectivity index (χ1v) is 8.74. The summed E-state index contributed by atoms with van der Waals surface area (Å²) in [4.78, 5) is 13.1. The van der Waals surface area contributed by atoms with Crippen molar-refractivity contribution in [3.63, 3.8) is 0 Å². The van der Waals surface area contributed by atoms with E-state index in [4.69, 9.17) is 11.6 Å². The smallest absolute Gasteiger partial charge is 0.140 e. The summed E-state index contributed by atoms with van der Waals surface area (Å²) in [7, 11) is 0. The number of aliphatic hydroxyl groups is 1. The van der Waals surface area contributed by atoms with Crippen molar-refractivity contribution < 1.29 is 9.90 Å². The summed E-state index contributed by atoms with van der Waals surface area (Å²) in [5.74, 6) is -0.00838. The minimum Gasteiger partial charge on any atom is -0.385 e. The molecule has 0 amide bonds. The van der Waals surface area contributed by atoms with Crippen LogP contribution in [0.5, 0.6) is 0 Å². The molecule has 1 saturated carbocycles. The van der Waals surface area contributed by atoms with Gasteiger partial charge in [0, 0.05) is 16.9 Å². The lowest BCUT2D eigenvalue weighted by Crippen LogP contribution is -2.50. The molecule has 0 aromatic heterocycles. The molecule has 2 rings (SSSR count). The second kappa shape index (κ2) is 5.89. The van der Waals surface area contributed by atoms with Crippen LogP contribution in [0.2, 0.25) is 5.02 Å². The number of halogens is 1. The fraction of sp³-hybridized carbons (Fsp3) is 0.650. The van der Waals surface area contributed by atoms with Gasteiger partial charge in [-0.15, -0.1) is 0 Å². The van der Waals surface area contributed by atoms with Gasteiger partial charge >= 0.3 is 0 Å². The molecule has 1 aromatic rings. The largest absolute Gasteiger partial charge is 0.385 e. The first kappa shape index (κ1) is 18.5. The highest BCUT2D eigenvalue weighted by atomic mass is 35.5. The van der Waals surface area contributed by atoms with Crippen LogP contribution in [0.4, 0.5) is 0 Å². The van der Waals surface area contributed by atoms with Crippen molar-refractivity contribution in [1.29, 1.82) is 0 Å². The van der Waals surface area contributed by atoms with Crippen molar-refractivity contribution >= 4 is 17.4 Å². The molecule has 2 unspecified atom stereocenters. The van der Waals surface area contributed by atoms with Crippen LogP contribution >= 0.6 is 11.6 Å². The molecule has 0 radical (unpaired) electrons. The minimum atomic E-state index is -0.978. The highest BCUT2D eigenvalue weighted by molar-refractivity contribution is 6.30. The Bertz CT molecular complexity index is 549. The van der Waals surface area contributed by atoms with Crippen molar-refractivity contribution in [2.45, 2.75) is 60.0 Å². The second-order valence-corrected chi connectivity index (χ2v) is 9.62. The molecular weight excluding hydrogens is 308 g/mol. The zero-order valence-corrected chi connectivity index (χ0v) is 15.9. The predicted molar refractivity (Wildman–Crippen MR) is 95.5 cm³/mol. The van der Waals surface area contributed by atoms with Gasteiger partial charge in [-0.1, -0.05) is 65.3 Å². The summed E-state index contributed by atoms with van der Waals surface area (Å²) < 4.78 is 0. The number of benzene rings is 1. The van der Waals surface area contributed by atoms with Crippen LogP contribution in [0.1, 0.15) is 59.9 Å². The summed E-state index contributed by atoms with van der Waals surface area (Å²) in [5, 5.41) is 12.1. The van der Waals surface area contributed by atoms with Gasteiger partial charge in [-0.3, -0.25) is 4.79 Å². The van der Waals surface area contributed by atoms with Crippen LogP contribution in [0.3, 0.4) is 0 Å². The standard InChI is InChI=1S/C20H29ClO2/c1-18(2,3)15-11-20(23,13-7-9-14(21)10-8-13)12-16(17(15)22)19(4,5)6/h7-10,15-16,23H,11-12H2,1-6H3. The molecule has 0 bridgehead atoms. The lowest BCUT2D eigenvalue weighted by molar-refractivity contribution is -0.151. The average molecular weight is 337 g/mol. The minimum absolute atomic E-state index is 0.152. The van der Waals surface area contributed by atoms with Crippen molar-refractivity contribution in [3.05, 3.63) is 34.9 Å². The topological polar surface area (TPSA) is 37.3 Å². The van der Waals surface area contributed by atoms with E-state index in [0.29, 0.717) is 23.6 Å². The van der Waals surface area contributed by atoms with Gasteiger partial charge < -0.3 is 5.11 Å². The van der Waals surface area contributed by atoms with Gasteiger partial charge in [0.05, 0.1) is 5.60 Å². The summed E-state index contributed by atoms with van der Waals surface area (Å²) in [6, 6.07) is 7.39. The molecule has 1 aliphatic rings. The molecule has 23 heavy (non-hydrogen) atoms. The predicted octanol–water partition coefficient (Wildman–Crippen LogP) is 5.22. The van der Waals surface area contributed by atoms with Crippen LogP contribution in [0, 0.1) is 22.7 Å². The maximum absolute atomic E-state index is 13.1. The van der Waals surface area contributed by atoms with Crippen LogP contribution in [0.25, 0.3) is 0 Å². The molecule has 128 valence electrons. The molecule has 0 heterocycles. The molecule has 1 N–H and O–H groups in total. The zero-order valence-electron chi connectivity index (χ0n) is 15.1. The molecule has 3 heteroatoms. The zero-order chi connectivity index (χ0) is 17.6. The molecule has 1 aromatic carbocycles. The Kier molecular flexibility index (Phi) is 4.74. The molecule has 1 aliphatic carbocycles. The SMILES string of the molecule is CC(C)(C)C1CC(O)(c2ccc(Cl)cc2)CC(C(C)(C)C)C1=O. The average Bonchev–Trinajstić information content (AvgIpc) is 2.39. The Labute approximate surface area is 145 Å². The van der Waals surface area contributed by atoms with E-state index in [2.05, 4.69) is 41.5 Å². The molecule has 1 fully saturated rings. The van der Waals surface area contributed by atoms with Crippen LogP contribution in [0.15, 0.2) is 24.3 Å². The quantitative estimate of drug-likeness (QED) is 0.763. The third kappa shape index (κ3) is 3.80. The number of carbonyl (C=O) groups is 1. The van der Waals surface area contributed by atoms with Crippen molar-refractivity contribution in [3.8, 4) is 0 Å². The molecule has 2 nitrogen and oxygen atoms in total. The maximum Gasteiger partial charge on any atom is 0.140 e. The number of Topliss-reactive ketones (excluding diaryl/α,β-unsaturated/α-hetero) is 1. The van der Waals surface area contributed by atoms with Crippen molar-refractivity contribution in [2.75, 3.05) is 0 Å². The van der Waals surface area contributed by atoms with E-state index in [0.717, 1.165) is 5.56 Å². The number of hydrogen-bond donors (Lipinski definition) is 1. The van der Waals surface area contributed by atoms with Gasteiger partial charge in [-0.25, -0.2) is 0 Å². The van der Waals surface area contributed by atoms with E-state index in [9.17, 15) is 9.90 Å². The third-order valence-electron chi connectivity index (χ3n) is 5.24. The Hall–Kier alpha value is -0.860. The Morgan fingerprint density at radius 2 is 1.35 bits per heavy atom. The highest BCUT2D eigenvalue weighted by Crippen LogP contribution is 2.51. The monoisotopic (exact) mass is 336 g/mol. The first-order chi connectivity index (χ1) is 10.3. The summed E-state index contributed by atoms with van der Waals surface area (Å²) in [6.07, 6.45) is 0.951. The normalized spacial score (nSPS) is 29.7. The van der Waals surface area contributed by atoms with E-state index < -0.39 is 5.60 Å². The van der Waals surface area contributed by atoms with Gasteiger partial charge in [0.25, 0.3) is 0 Å². The van der Waals surface area contributed by atoms with E-state index in [-0.39, 0.29) is 22.7 Å². The third-order valence-corrected chi connectivity index (χ3v) is 5.49. The maximum atomic E-state index is 13.1. The Morgan fingerprint density at radius 1 is 0.957 bits per heavy atom. The molecule has 2 atom stereocenters. The van der Waals surface area contributed by atoms with Crippen LogP contribution in [-0.4, -0.2) is 10.9 Å². The summed E-state index contributed by atoms with van der Waals surface area (Å²) in [5.41, 5.74) is -0.449. The number of rotatable bonds is 1. The van der Waals surface area contributed by atoms with E-state index in [1.165, 1.54) is 0 Å². The van der Waals surface area contributed by atoms with Gasteiger partial charge in [-0.2, -0.15) is 0 Å². The number of carbonyl (C=O) groups excluding carboxylic acids is 1. The van der Waals surface area contributed by atoms with Gasteiger partial charge in [0.15, 0.2) is 0 Å². The molecule has 0 aliphatic heterocycles. The fourth-order valence-corrected chi connectivity index (χ4v) is 3.79. The molecule has 0 saturated heterocycles. The van der Waals surface area contributed by atoms with E-state index in [1.807, 2.05) is 24.3 Å². The van der Waals surface area contributed by atoms with Crippen molar-refractivity contribution in [2.24, 2.45) is 22.7 Å². The van der Waals surface area contributed by atoms with Gasteiger partial charge in [0.1, 0.15) is 5.78 Å². The summed E-state index contributed by atoms with van der Waals surface area (Å²) >= 11 is 5.99. The number of ketones is 1. The highest BCUT2D eigenvalue weighted by Gasteiger charge is 2.51. The second-order valence-electron chi connectivity index (χ2n) is 9.19. The fourth-order valence-electron chi connectivity index (χ4n) is 3.66. The van der Waals surface area contributed by atoms with E-state index >= 15 is 0 Å². The lowest BCUT2D eigenvalue weighted by Gasteiger charge is -2.48. The van der Waals surface area contributed by atoms with Crippen LogP contribution < -0.4 is 0 Å². The molecule has 0 spiro atoms. The molecular formula is C20H29ClO2. The lowest BCUT2D eigenvalue weighted by atomic mass is 9.57. The van der Waals surface area contributed by atoms with Gasteiger partial charge in [-0.05, 0) is 41.4 Å². The Balaban J connectivity index is 2.48. The first-order valence-electron chi connectivity index (χ1n) is 8.37. The van der Waals surface area contributed by atoms with Crippen molar-refractivity contribution in [1.82, 2.24) is 0 Å². The summed E-state index contributed by atoms with van der Waals surface area (Å²) in [6.45, 7) is 12.5. The van der Waals surface area contributed by atoms with E-state index in [1.54, 1.807) is 0 Å². The van der Waals surface area contributed by atoms with Gasteiger partial charge in [0.2, 0.25) is 0 Å².